The highest BCUT2D eigenvalue weighted by atomic mass is 35.5. The largest absolute Gasteiger partial charge is 0.508 e. The molecule has 3 aliphatic heterocycles. The number of phenolic OH excluding ortho intramolecular Hbond substituents is 1. The Balaban J connectivity index is 0.00000455. The monoisotopic (exact) mass is 790 g/mol. The van der Waals surface area contributed by atoms with E-state index in [1.54, 1.807) is 36.4 Å². The highest BCUT2D eigenvalue weighted by Crippen LogP contribution is 2.42. The van der Waals surface area contributed by atoms with Crippen LogP contribution in [0.25, 0.3) is 16.8 Å². The first-order chi connectivity index (χ1) is 27.4. The Hall–Kier alpha value is -6.08. The fraction of sp³-hybridized carbons (Fsp3) is 0.227. The lowest BCUT2D eigenvalue weighted by Gasteiger charge is -2.29. The van der Waals surface area contributed by atoms with Gasteiger partial charge in [0.15, 0.2) is 23.1 Å². The molecule has 2 amide bonds. The molecular formula is C44H40ClFN4O7. The van der Waals surface area contributed by atoms with E-state index in [0.717, 1.165) is 25.1 Å². The Morgan fingerprint density at radius 1 is 0.807 bits per heavy atom. The maximum Gasteiger partial charge on any atom is 0.265 e. The number of benzene rings is 4. The smallest absolute Gasteiger partial charge is 0.265 e. The number of rotatable bonds is 9. The molecule has 292 valence electrons. The van der Waals surface area contributed by atoms with Gasteiger partial charge in [-0.25, -0.2) is 4.39 Å². The van der Waals surface area contributed by atoms with Gasteiger partial charge in [0.25, 0.3) is 11.8 Å². The van der Waals surface area contributed by atoms with Crippen molar-refractivity contribution in [3.05, 3.63) is 137 Å². The molecule has 0 saturated carbocycles. The highest BCUT2D eigenvalue weighted by Gasteiger charge is 2.31. The van der Waals surface area contributed by atoms with Gasteiger partial charge in [0.1, 0.15) is 12.4 Å². The molecule has 0 spiro atoms. The van der Waals surface area contributed by atoms with Gasteiger partial charge in [-0.3, -0.25) is 19.4 Å². The van der Waals surface area contributed by atoms with Gasteiger partial charge in [-0.05, 0) is 84.3 Å². The molecule has 9 rings (SSSR count). The summed E-state index contributed by atoms with van der Waals surface area (Å²) in [5, 5.41) is 10.1. The summed E-state index contributed by atoms with van der Waals surface area (Å²) >= 11 is 0. The fourth-order valence-electron chi connectivity index (χ4n) is 7.66. The van der Waals surface area contributed by atoms with Gasteiger partial charge in [0.2, 0.25) is 6.79 Å². The normalized spacial score (nSPS) is 14.9. The number of pyridine rings is 1. The summed E-state index contributed by atoms with van der Waals surface area (Å²) in [5.41, 5.74) is 5.46. The number of hydrogen-bond donors (Lipinski definition) is 1. The van der Waals surface area contributed by atoms with Crippen LogP contribution in [0, 0.1) is 5.82 Å². The molecule has 0 atom stereocenters. The average molecular weight is 791 g/mol. The van der Waals surface area contributed by atoms with Crippen LogP contribution in [0.1, 0.15) is 31.8 Å². The van der Waals surface area contributed by atoms with E-state index in [1.165, 1.54) is 34.7 Å². The first-order valence-electron chi connectivity index (χ1n) is 18.7. The van der Waals surface area contributed by atoms with Crippen molar-refractivity contribution in [2.75, 3.05) is 57.7 Å². The third-order valence-corrected chi connectivity index (χ3v) is 10.6. The molecule has 1 fully saturated rings. The van der Waals surface area contributed by atoms with Gasteiger partial charge in [-0.15, -0.1) is 12.4 Å². The summed E-state index contributed by atoms with van der Waals surface area (Å²) in [7, 11) is 0. The quantitative estimate of drug-likeness (QED) is 0.161. The highest BCUT2D eigenvalue weighted by molar-refractivity contribution is 6.16. The van der Waals surface area contributed by atoms with E-state index in [0.29, 0.717) is 84.5 Å². The lowest BCUT2D eigenvalue weighted by atomic mass is 9.97. The third kappa shape index (κ3) is 7.46. The van der Waals surface area contributed by atoms with Crippen molar-refractivity contribution >= 4 is 41.1 Å². The first kappa shape index (κ1) is 37.8. The average Bonchev–Trinajstić information content (AvgIpc) is 3.86. The Labute approximate surface area is 334 Å². The summed E-state index contributed by atoms with van der Waals surface area (Å²) in [5.74, 6) is -0.174. The van der Waals surface area contributed by atoms with Crippen LogP contribution in [0.4, 0.5) is 15.8 Å². The van der Waals surface area contributed by atoms with E-state index < -0.39 is 11.7 Å². The van der Waals surface area contributed by atoms with E-state index in [1.807, 2.05) is 51.9 Å². The van der Waals surface area contributed by atoms with E-state index in [2.05, 4.69) is 11.0 Å². The van der Waals surface area contributed by atoms with Gasteiger partial charge in [-0.2, -0.15) is 0 Å². The van der Waals surface area contributed by atoms with Crippen LogP contribution in [0.3, 0.4) is 0 Å². The topological polar surface area (TPSA) is 105 Å². The summed E-state index contributed by atoms with van der Waals surface area (Å²) < 4.78 is 40.4. The second kappa shape index (κ2) is 16.2. The Bertz CT molecular complexity index is 2450. The molecule has 3 aliphatic rings. The molecule has 2 aromatic heterocycles. The number of morpholine rings is 1. The Morgan fingerprint density at radius 2 is 1.54 bits per heavy atom. The molecular weight excluding hydrogens is 751 g/mol. The van der Waals surface area contributed by atoms with E-state index in [9.17, 15) is 14.7 Å². The number of carbonyl (C=O) groups excluding carboxylic acids is 2. The number of amides is 2. The molecule has 6 aromatic rings. The van der Waals surface area contributed by atoms with Crippen LogP contribution in [-0.2, 0) is 17.7 Å². The standard InChI is InChI=1S/C44H39FN4O7.ClH/c45-37-23-32(10-13-40(37)54-22-19-46-17-20-53-21-18-46)49(31-8-11-33(50)12-9-31)44(52)36-24-39(48-15-4-3-7-38(36)48)34-25-41-42(56-28-55-41)26-35(34)43(51)47-16-14-29-5-1-2-6-30(29)27-47;/h1-13,15,23-26,50H,14,16-22,27-28H2;1H. The molecule has 13 heteroatoms. The minimum Gasteiger partial charge on any atom is -0.508 e. The van der Waals surface area contributed by atoms with Gasteiger partial charge in [0.05, 0.1) is 41.2 Å². The van der Waals surface area contributed by atoms with Gasteiger partial charge < -0.3 is 33.4 Å². The van der Waals surface area contributed by atoms with Crippen molar-refractivity contribution in [1.82, 2.24) is 14.2 Å². The van der Waals surface area contributed by atoms with E-state index in [4.69, 9.17) is 18.9 Å². The van der Waals surface area contributed by atoms with Gasteiger partial charge in [0, 0.05) is 56.2 Å². The molecule has 0 aliphatic carbocycles. The molecule has 0 radical (unpaired) electrons. The maximum absolute atomic E-state index is 15.8. The van der Waals surface area contributed by atoms with E-state index in [-0.39, 0.29) is 42.3 Å². The second-order valence-corrected chi connectivity index (χ2v) is 14.0. The zero-order chi connectivity index (χ0) is 38.2. The third-order valence-electron chi connectivity index (χ3n) is 10.6. The van der Waals surface area contributed by atoms with Crippen LogP contribution in [0.15, 0.2) is 109 Å². The molecule has 11 nitrogen and oxygen atoms in total. The number of hydrogen-bond acceptors (Lipinski definition) is 8. The zero-order valence-corrected chi connectivity index (χ0v) is 31.8. The molecule has 0 unspecified atom stereocenters. The number of aromatic nitrogens is 1. The predicted octanol–water partition coefficient (Wildman–Crippen LogP) is 7.49. The van der Waals surface area contributed by atoms with E-state index >= 15 is 4.39 Å². The SMILES string of the molecule is Cl.O=C(c1cc2c(cc1-c1cc(C(=O)N(c3ccc(O)cc3)c3ccc(OCCN4CCOCC4)c(F)c3)c3ccccn13)OCO2)N1CCc2ccccc2C1. The molecule has 57 heavy (non-hydrogen) atoms. The molecule has 5 heterocycles. The summed E-state index contributed by atoms with van der Waals surface area (Å²) in [6.45, 7) is 4.89. The first-order valence-corrected chi connectivity index (χ1v) is 18.7. The summed E-state index contributed by atoms with van der Waals surface area (Å²) in [4.78, 5) is 34.9. The molecule has 0 bridgehead atoms. The van der Waals surface area contributed by atoms with Crippen molar-refractivity contribution in [3.8, 4) is 34.3 Å². The van der Waals surface area contributed by atoms with Crippen LogP contribution >= 0.6 is 12.4 Å². The molecule has 1 saturated heterocycles. The van der Waals surface area contributed by atoms with Crippen LogP contribution in [0.5, 0.6) is 23.0 Å². The van der Waals surface area contributed by atoms with Gasteiger partial charge in [-0.1, -0.05) is 30.3 Å². The number of anilines is 2. The van der Waals surface area contributed by atoms with Crippen molar-refractivity contribution in [2.45, 2.75) is 13.0 Å². The summed E-state index contributed by atoms with van der Waals surface area (Å²) in [6.07, 6.45) is 2.58. The van der Waals surface area contributed by atoms with Gasteiger partial charge >= 0.3 is 0 Å². The molecule has 1 N–H and O–H groups in total. The zero-order valence-electron chi connectivity index (χ0n) is 30.9. The number of ether oxygens (including phenoxy) is 4. The number of aromatic hydroxyl groups is 1. The number of carbonyl (C=O) groups is 2. The van der Waals surface area contributed by atoms with Crippen LogP contribution in [0.2, 0.25) is 0 Å². The second-order valence-electron chi connectivity index (χ2n) is 14.0. The fourth-order valence-corrected chi connectivity index (χ4v) is 7.66. The Kier molecular flexibility index (Phi) is 10.7. The van der Waals surface area contributed by atoms with Crippen molar-refractivity contribution in [2.24, 2.45) is 0 Å². The lowest BCUT2D eigenvalue weighted by Crippen LogP contribution is -2.38. The van der Waals surface area contributed by atoms with Crippen molar-refractivity contribution in [1.29, 1.82) is 0 Å². The van der Waals surface area contributed by atoms with Crippen LogP contribution in [-0.4, -0.2) is 83.9 Å². The van der Waals surface area contributed by atoms with Crippen molar-refractivity contribution < 1.29 is 38.0 Å². The Morgan fingerprint density at radius 3 is 2.33 bits per heavy atom. The van der Waals surface area contributed by atoms with Crippen LogP contribution < -0.4 is 19.1 Å². The molecule has 4 aromatic carbocycles. The number of fused-ring (bicyclic) bond motifs is 3. The predicted molar refractivity (Wildman–Crippen MR) is 215 cm³/mol. The lowest BCUT2D eigenvalue weighted by molar-refractivity contribution is 0.0320. The van der Waals surface area contributed by atoms with Crippen molar-refractivity contribution in [3.63, 3.8) is 0 Å². The minimum absolute atomic E-state index is 0. The number of halogens is 2. The number of nitrogens with zero attached hydrogens (tertiary/aromatic N) is 4. The number of phenols is 1. The summed E-state index contributed by atoms with van der Waals surface area (Å²) in [6, 6.07) is 29.5. The maximum atomic E-state index is 15.8. The minimum atomic E-state index is -0.618.